The second-order valence-corrected chi connectivity index (χ2v) is 3.81. The molecular formula is C14H11NO2. The summed E-state index contributed by atoms with van der Waals surface area (Å²) in [6.45, 7) is 1.90. The van der Waals surface area contributed by atoms with E-state index in [0.717, 1.165) is 28.3 Å². The summed E-state index contributed by atoms with van der Waals surface area (Å²) in [4.78, 5) is 0. The Morgan fingerprint density at radius 3 is 2.53 bits per heavy atom. The molecule has 0 fully saturated rings. The summed E-state index contributed by atoms with van der Waals surface area (Å²) in [6, 6.07) is 13.8. The second-order valence-electron chi connectivity index (χ2n) is 3.81. The molecule has 2 heterocycles. The standard InChI is InChI=1S/C14H11NO2/c1-10-13(11-6-3-2-4-7-11)14(15-17-10)12-8-5-9-16-12/h2-9H,1H3. The highest BCUT2D eigenvalue weighted by molar-refractivity contribution is 5.79. The lowest BCUT2D eigenvalue weighted by molar-refractivity contribution is 0.398. The fourth-order valence-corrected chi connectivity index (χ4v) is 1.90. The van der Waals surface area contributed by atoms with Crippen LogP contribution < -0.4 is 0 Å². The van der Waals surface area contributed by atoms with Crippen LogP contribution in [0.1, 0.15) is 5.76 Å². The van der Waals surface area contributed by atoms with E-state index in [4.69, 9.17) is 8.94 Å². The lowest BCUT2D eigenvalue weighted by Gasteiger charge is -2.00. The van der Waals surface area contributed by atoms with Gasteiger partial charge in [-0.3, -0.25) is 0 Å². The molecule has 0 spiro atoms. The van der Waals surface area contributed by atoms with E-state index in [1.54, 1.807) is 6.26 Å². The highest BCUT2D eigenvalue weighted by atomic mass is 16.5. The number of benzene rings is 1. The highest BCUT2D eigenvalue weighted by Crippen LogP contribution is 2.33. The van der Waals surface area contributed by atoms with Crippen LogP contribution in [0.15, 0.2) is 57.7 Å². The summed E-state index contributed by atoms with van der Waals surface area (Å²) in [7, 11) is 0. The molecule has 3 heteroatoms. The van der Waals surface area contributed by atoms with Crippen LogP contribution in [0.3, 0.4) is 0 Å². The summed E-state index contributed by atoms with van der Waals surface area (Å²) < 4.78 is 10.6. The van der Waals surface area contributed by atoms with Gasteiger partial charge in [-0.1, -0.05) is 35.5 Å². The van der Waals surface area contributed by atoms with Crippen LogP contribution in [0.5, 0.6) is 0 Å². The largest absolute Gasteiger partial charge is 0.463 e. The first kappa shape index (κ1) is 9.90. The molecule has 0 aliphatic rings. The fraction of sp³-hybridized carbons (Fsp3) is 0.0714. The number of aromatic nitrogens is 1. The Bertz CT molecular complexity index is 609. The molecule has 84 valence electrons. The molecule has 0 radical (unpaired) electrons. The van der Waals surface area contributed by atoms with Crippen LogP contribution in [-0.2, 0) is 0 Å². The van der Waals surface area contributed by atoms with Gasteiger partial charge in [0.2, 0.25) is 0 Å². The Labute approximate surface area is 98.7 Å². The third-order valence-electron chi connectivity index (χ3n) is 2.68. The number of nitrogens with zero attached hydrogens (tertiary/aromatic N) is 1. The van der Waals surface area contributed by atoms with Crippen molar-refractivity contribution in [1.29, 1.82) is 0 Å². The van der Waals surface area contributed by atoms with Crippen molar-refractivity contribution in [1.82, 2.24) is 5.16 Å². The Balaban J connectivity index is 2.20. The zero-order valence-electron chi connectivity index (χ0n) is 9.38. The molecule has 0 saturated carbocycles. The summed E-state index contributed by atoms with van der Waals surface area (Å²) in [5.74, 6) is 1.52. The quantitative estimate of drug-likeness (QED) is 0.663. The van der Waals surface area contributed by atoms with Gasteiger partial charge in [0.15, 0.2) is 11.5 Å². The molecule has 0 aliphatic carbocycles. The third-order valence-corrected chi connectivity index (χ3v) is 2.68. The lowest BCUT2D eigenvalue weighted by atomic mass is 10.0. The Morgan fingerprint density at radius 2 is 1.82 bits per heavy atom. The first-order chi connectivity index (χ1) is 8.36. The van der Waals surface area contributed by atoms with Crippen molar-refractivity contribution in [2.24, 2.45) is 0 Å². The van der Waals surface area contributed by atoms with E-state index in [2.05, 4.69) is 5.16 Å². The summed E-state index contributed by atoms with van der Waals surface area (Å²) >= 11 is 0. The van der Waals surface area contributed by atoms with Crippen molar-refractivity contribution >= 4 is 0 Å². The molecule has 2 aromatic heterocycles. The van der Waals surface area contributed by atoms with Crippen LogP contribution in [0.2, 0.25) is 0 Å². The van der Waals surface area contributed by atoms with Gasteiger partial charge in [0, 0.05) is 0 Å². The minimum absolute atomic E-state index is 0.723. The van der Waals surface area contributed by atoms with E-state index in [-0.39, 0.29) is 0 Å². The van der Waals surface area contributed by atoms with E-state index in [0.29, 0.717) is 0 Å². The average molecular weight is 225 g/mol. The molecule has 3 aromatic rings. The molecule has 3 rings (SSSR count). The Kier molecular flexibility index (Phi) is 2.29. The minimum atomic E-state index is 0.723. The first-order valence-corrected chi connectivity index (χ1v) is 5.42. The SMILES string of the molecule is Cc1onc(-c2ccco2)c1-c1ccccc1. The molecule has 0 unspecified atom stereocenters. The van der Waals surface area contributed by atoms with Crippen LogP contribution in [0.4, 0.5) is 0 Å². The molecule has 1 aromatic carbocycles. The normalized spacial score (nSPS) is 10.6. The maximum Gasteiger partial charge on any atom is 0.157 e. The Hall–Kier alpha value is -2.29. The Morgan fingerprint density at radius 1 is 1.00 bits per heavy atom. The van der Waals surface area contributed by atoms with Crippen molar-refractivity contribution in [3.8, 4) is 22.6 Å². The second kappa shape index (κ2) is 3.94. The molecular weight excluding hydrogens is 214 g/mol. The van der Waals surface area contributed by atoms with Crippen molar-refractivity contribution in [2.45, 2.75) is 6.92 Å². The lowest BCUT2D eigenvalue weighted by Crippen LogP contribution is -1.81. The van der Waals surface area contributed by atoms with E-state index >= 15 is 0 Å². The summed E-state index contributed by atoms with van der Waals surface area (Å²) in [5, 5.41) is 4.07. The van der Waals surface area contributed by atoms with Crippen LogP contribution >= 0.6 is 0 Å². The van der Waals surface area contributed by atoms with Gasteiger partial charge in [-0.15, -0.1) is 0 Å². The third kappa shape index (κ3) is 1.65. The molecule has 0 amide bonds. The van der Waals surface area contributed by atoms with Gasteiger partial charge >= 0.3 is 0 Å². The van der Waals surface area contributed by atoms with E-state index in [1.165, 1.54) is 0 Å². The number of hydrogen-bond donors (Lipinski definition) is 0. The molecule has 17 heavy (non-hydrogen) atoms. The molecule has 0 saturated heterocycles. The highest BCUT2D eigenvalue weighted by Gasteiger charge is 2.17. The van der Waals surface area contributed by atoms with E-state index in [9.17, 15) is 0 Å². The number of furan rings is 1. The van der Waals surface area contributed by atoms with Crippen molar-refractivity contribution < 1.29 is 8.94 Å². The molecule has 0 N–H and O–H groups in total. The summed E-state index contributed by atoms with van der Waals surface area (Å²) in [6.07, 6.45) is 1.63. The fourth-order valence-electron chi connectivity index (χ4n) is 1.90. The van der Waals surface area contributed by atoms with Crippen molar-refractivity contribution in [3.63, 3.8) is 0 Å². The molecule has 0 aliphatic heterocycles. The van der Waals surface area contributed by atoms with Gasteiger partial charge in [-0.05, 0) is 24.6 Å². The molecule has 3 nitrogen and oxygen atoms in total. The molecule has 0 atom stereocenters. The van der Waals surface area contributed by atoms with Crippen molar-refractivity contribution in [2.75, 3.05) is 0 Å². The first-order valence-electron chi connectivity index (χ1n) is 5.42. The van der Waals surface area contributed by atoms with Crippen LogP contribution in [-0.4, -0.2) is 5.16 Å². The smallest absolute Gasteiger partial charge is 0.157 e. The van der Waals surface area contributed by atoms with Gasteiger partial charge in [0.1, 0.15) is 5.76 Å². The van der Waals surface area contributed by atoms with E-state index in [1.807, 2.05) is 49.4 Å². The van der Waals surface area contributed by atoms with Crippen LogP contribution in [0.25, 0.3) is 22.6 Å². The number of rotatable bonds is 2. The maximum absolute atomic E-state index is 5.37. The topological polar surface area (TPSA) is 39.2 Å². The minimum Gasteiger partial charge on any atom is -0.463 e. The monoisotopic (exact) mass is 225 g/mol. The maximum atomic E-state index is 5.37. The zero-order chi connectivity index (χ0) is 11.7. The molecule has 0 bridgehead atoms. The summed E-state index contributed by atoms with van der Waals surface area (Å²) in [5.41, 5.74) is 2.82. The predicted octanol–water partition coefficient (Wildman–Crippen LogP) is 3.91. The zero-order valence-corrected chi connectivity index (χ0v) is 9.38. The van der Waals surface area contributed by atoms with Gasteiger partial charge in [-0.2, -0.15) is 0 Å². The van der Waals surface area contributed by atoms with Gasteiger partial charge in [-0.25, -0.2) is 0 Å². The van der Waals surface area contributed by atoms with Gasteiger partial charge < -0.3 is 8.94 Å². The average Bonchev–Trinajstić information content (AvgIpc) is 2.98. The van der Waals surface area contributed by atoms with E-state index < -0.39 is 0 Å². The number of hydrogen-bond acceptors (Lipinski definition) is 3. The van der Waals surface area contributed by atoms with Crippen LogP contribution in [0, 0.1) is 6.92 Å². The number of aryl methyl sites for hydroxylation is 1. The van der Waals surface area contributed by atoms with Gasteiger partial charge in [0.25, 0.3) is 0 Å². The van der Waals surface area contributed by atoms with Gasteiger partial charge in [0.05, 0.1) is 11.8 Å². The predicted molar refractivity (Wildman–Crippen MR) is 64.4 cm³/mol. The van der Waals surface area contributed by atoms with Crippen molar-refractivity contribution in [3.05, 3.63) is 54.5 Å².